The lowest BCUT2D eigenvalue weighted by Gasteiger charge is -2.30. The topological polar surface area (TPSA) is 58.6 Å². The Bertz CT molecular complexity index is 1030. The number of esters is 1. The predicted molar refractivity (Wildman–Crippen MR) is 117 cm³/mol. The fraction of sp³-hybridized carbons (Fsp3) is 0.217. The minimum Gasteiger partial charge on any atom is -0.465 e. The molecule has 0 saturated carbocycles. The number of hydrogen-bond donors (Lipinski definition) is 1. The zero-order valence-electron chi connectivity index (χ0n) is 16.2. The van der Waals surface area contributed by atoms with Crippen molar-refractivity contribution in [2.45, 2.75) is 12.8 Å². The summed E-state index contributed by atoms with van der Waals surface area (Å²) in [6, 6.07) is 17.8. The Balaban J connectivity index is 1.56. The molecule has 1 amide bonds. The van der Waals surface area contributed by atoms with Crippen LogP contribution < -0.4 is 10.2 Å². The molecule has 148 valence electrons. The lowest BCUT2D eigenvalue weighted by molar-refractivity contribution is -0.115. The van der Waals surface area contributed by atoms with Gasteiger partial charge in [0, 0.05) is 23.2 Å². The van der Waals surface area contributed by atoms with Crippen molar-refractivity contribution < 1.29 is 14.3 Å². The molecule has 1 aliphatic heterocycles. The summed E-state index contributed by atoms with van der Waals surface area (Å²) in [5.41, 5.74) is 4.45. The van der Waals surface area contributed by atoms with Crippen molar-refractivity contribution in [2.24, 2.45) is 0 Å². The number of aryl methyl sites for hydroxylation is 1. The van der Waals surface area contributed by atoms with E-state index in [9.17, 15) is 9.59 Å². The Labute approximate surface area is 173 Å². The van der Waals surface area contributed by atoms with Crippen LogP contribution in [0.3, 0.4) is 0 Å². The smallest absolute Gasteiger partial charge is 0.341 e. The van der Waals surface area contributed by atoms with Crippen LogP contribution >= 0.6 is 11.3 Å². The quantitative estimate of drug-likeness (QED) is 0.630. The highest BCUT2D eigenvalue weighted by Crippen LogP contribution is 2.36. The van der Waals surface area contributed by atoms with E-state index < -0.39 is 5.97 Å². The van der Waals surface area contributed by atoms with Crippen LogP contribution in [0.15, 0.2) is 60.0 Å². The Morgan fingerprint density at radius 2 is 1.86 bits per heavy atom. The Kier molecular flexibility index (Phi) is 5.62. The molecular weight excluding hydrogens is 384 g/mol. The summed E-state index contributed by atoms with van der Waals surface area (Å²) >= 11 is 1.34. The van der Waals surface area contributed by atoms with Gasteiger partial charge in [-0.05, 0) is 30.0 Å². The largest absolute Gasteiger partial charge is 0.465 e. The molecule has 0 bridgehead atoms. The first-order chi connectivity index (χ1) is 14.2. The van der Waals surface area contributed by atoms with Crippen LogP contribution in [0, 0.1) is 0 Å². The SMILES string of the molecule is COC(=O)c1c(-c2ccccc2)csc1NC(=O)CN1CCCc2ccccc21. The second-order valence-electron chi connectivity index (χ2n) is 6.91. The van der Waals surface area contributed by atoms with Gasteiger partial charge in [0.05, 0.1) is 13.7 Å². The number of para-hydroxylation sites is 1. The molecule has 0 radical (unpaired) electrons. The van der Waals surface area contributed by atoms with Crippen LogP contribution in [-0.4, -0.2) is 32.1 Å². The van der Waals surface area contributed by atoms with Gasteiger partial charge in [0.1, 0.15) is 10.6 Å². The van der Waals surface area contributed by atoms with Crippen LogP contribution in [-0.2, 0) is 16.0 Å². The number of amides is 1. The average Bonchev–Trinajstić information content (AvgIpc) is 3.17. The maximum atomic E-state index is 12.8. The zero-order valence-corrected chi connectivity index (χ0v) is 17.0. The lowest BCUT2D eigenvalue weighted by atomic mass is 10.0. The Morgan fingerprint density at radius 1 is 1.10 bits per heavy atom. The Hall–Kier alpha value is -3.12. The van der Waals surface area contributed by atoms with E-state index in [2.05, 4.69) is 22.3 Å². The van der Waals surface area contributed by atoms with Gasteiger partial charge in [-0.1, -0.05) is 48.5 Å². The summed E-state index contributed by atoms with van der Waals surface area (Å²) < 4.78 is 4.98. The predicted octanol–water partition coefficient (Wildman–Crippen LogP) is 4.59. The van der Waals surface area contributed by atoms with Gasteiger partial charge in [-0.2, -0.15) is 0 Å². The molecular formula is C23H22N2O3S. The van der Waals surface area contributed by atoms with E-state index in [0.717, 1.165) is 36.2 Å². The standard InChI is InChI=1S/C23H22N2O3S/c1-28-23(27)21-18(16-8-3-2-4-9-16)15-29-22(21)24-20(26)14-25-13-7-11-17-10-5-6-12-19(17)25/h2-6,8-10,12,15H,7,11,13-14H2,1H3,(H,24,26). The van der Waals surface area contributed by atoms with Gasteiger partial charge in [0.25, 0.3) is 0 Å². The molecule has 3 aromatic rings. The van der Waals surface area contributed by atoms with Crippen molar-refractivity contribution in [3.63, 3.8) is 0 Å². The summed E-state index contributed by atoms with van der Waals surface area (Å²) in [5.74, 6) is -0.600. The van der Waals surface area contributed by atoms with Crippen LogP contribution in [0.5, 0.6) is 0 Å². The van der Waals surface area contributed by atoms with Crippen molar-refractivity contribution >= 4 is 33.9 Å². The molecule has 6 heteroatoms. The first kappa shape index (κ1) is 19.2. The molecule has 0 unspecified atom stereocenters. The number of fused-ring (bicyclic) bond motifs is 1. The summed E-state index contributed by atoms with van der Waals surface area (Å²) in [4.78, 5) is 27.3. The number of thiophene rings is 1. The molecule has 0 atom stereocenters. The molecule has 1 aromatic heterocycles. The van der Waals surface area contributed by atoms with Crippen LogP contribution in [0.1, 0.15) is 22.3 Å². The number of nitrogens with zero attached hydrogens (tertiary/aromatic N) is 1. The lowest BCUT2D eigenvalue weighted by Crippen LogP contribution is -2.36. The molecule has 2 heterocycles. The van der Waals surface area contributed by atoms with Crippen molar-refractivity contribution in [2.75, 3.05) is 30.4 Å². The van der Waals surface area contributed by atoms with Gasteiger partial charge in [0.2, 0.25) is 5.91 Å². The summed E-state index contributed by atoms with van der Waals surface area (Å²) in [5, 5.41) is 5.33. The Morgan fingerprint density at radius 3 is 2.66 bits per heavy atom. The monoisotopic (exact) mass is 406 g/mol. The van der Waals surface area contributed by atoms with Gasteiger partial charge >= 0.3 is 5.97 Å². The van der Waals surface area contributed by atoms with Crippen LogP contribution in [0.2, 0.25) is 0 Å². The number of rotatable bonds is 5. The highest BCUT2D eigenvalue weighted by molar-refractivity contribution is 7.15. The minimum atomic E-state index is -0.455. The van der Waals surface area contributed by atoms with Crippen LogP contribution in [0.25, 0.3) is 11.1 Å². The maximum Gasteiger partial charge on any atom is 0.341 e. The second kappa shape index (κ2) is 8.49. The van der Waals surface area contributed by atoms with Gasteiger partial charge < -0.3 is 15.0 Å². The van der Waals surface area contributed by atoms with E-state index in [0.29, 0.717) is 10.6 Å². The number of hydrogen-bond acceptors (Lipinski definition) is 5. The number of carbonyl (C=O) groups is 2. The van der Waals surface area contributed by atoms with Crippen molar-refractivity contribution in [3.8, 4) is 11.1 Å². The molecule has 0 saturated heterocycles. The fourth-order valence-corrected chi connectivity index (χ4v) is 4.67. The highest BCUT2D eigenvalue weighted by atomic mass is 32.1. The van der Waals surface area contributed by atoms with E-state index >= 15 is 0 Å². The molecule has 29 heavy (non-hydrogen) atoms. The molecule has 2 aromatic carbocycles. The van der Waals surface area contributed by atoms with Gasteiger partial charge in [-0.3, -0.25) is 4.79 Å². The fourth-order valence-electron chi connectivity index (χ4n) is 3.70. The molecule has 0 spiro atoms. The molecule has 5 nitrogen and oxygen atoms in total. The summed E-state index contributed by atoms with van der Waals surface area (Å²) in [6.07, 6.45) is 2.06. The zero-order chi connectivity index (χ0) is 20.2. The number of anilines is 2. The molecule has 4 rings (SSSR count). The first-order valence-corrected chi connectivity index (χ1v) is 10.4. The highest BCUT2D eigenvalue weighted by Gasteiger charge is 2.24. The van der Waals surface area contributed by atoms with Crippen molar-refractivity contribution in [3.05, 3.63) is 71.1 Å². The summed E-state index contributed by atoms with van der Waals surface area (Å²) in [6.45, 7) is 1.09. The van der Waals surface area contributed by atoms with E-state index in [1.165, 1.54) is 24.0 Å². The molecule has 0 aliphatic carbocycles. The molecule has 1 N–H and O–H groups in total. The number of ether oxygens (including phenoxy) is 1. The molecule has 1 aliphatic rings. The maximum absolute atomic E-state index is 12.8. The van der Waals surface area contributed by atoms with Crippen LogP contribution in [0.4, 0.5) is 10.7 Å². The number of benzene rings is 2. The first-order valence-electron chi connectivity index (χ1n) is 9.55. The second-order valence-corrected chi connectivity index (χ2v) is 7.79. The molecule has 0 fully saturated rings. The van der Waals surface area contributed by atoms with Crippen molar-refractivity contribution in [1.29, 1.82) is 0 Å². The van der Waals surface area contributed by atoms with Crippen molar-refractivity contribution in [1.82, 2.24) is 0 Å². The normalized spacial score (nSPS) is 12.9. The van der Waals surface area contributed by atoms with E-state index in [1.54, 1.807) is 0 Å². The third-order valence-electron chi connectivity index (χ3n) is 5.06. The van der Waals surface area contributed by atoms with Gasteiger partial charge in [0.15, 0.2) is 0 Å². The van der Waals surface area contributed by atoms with E-state index in [1.807, 2.05) is 47.8 Å². The van der Waals surface area contributed by atoms with Gasteiger partial charge in [-0.25, -0.2) is 4.79 Å². The van der Waals surface area contributed by atoms with E-state index in [-0.39, 0.29) is 12.5 Å². The van der Waals surface area contributed by atoms with E-state index in [4.69, 9.17) is 4.74 Å². The summed E-state index contributed by atoms with van der Waals surface area (Å²) in [7, 11) is 1.35. The third kappa shape index (κ3) is 4.03. The number of nitrogens with one attached hydrogen (secondary N) is 1. The minimum absolute atomic E-state index is 0.145. The average molecular weight is 407 g/mol. The number of methoxy groups -OCH3 is 1. The number of carbonyl (C=O) groups excluding carboxylic acids is 2. The third-order valence-corrected chi connectivity index (χ3v) is 5.95. The van der Waals surface area contributed by atoms with Gasteiger partial charge in [-0.15, -0.1) is 11.3 Å².